The van der Waals surface area contributed by atoms with Crippen LogP contribution in [-0.4, -0.2) is 17.9 Å². The highest BCUT2D eigenvalue weighted by Crippen LogP contribution is 2.24. The number of ether oxygens (including phenoxy) is 1. The van der Waals surface area contributed by atoms with Gasteiger partial charge in [-0.25, -0.2) is 0 Å². The van der Waals surface area contributed by atoms with Crippen molar-refractivity contribution in [3.8, 4) is 5.75 Å². The van der Waals surface area contributed by atoms with E-state index in [1.807, 2.05) is 0 Å². The molecule has 0 aliphatic rings. The normalized spacial score (nSPS) is 10.0. The van der Waals surface area contributed by atoms with E-state index < -0.39 is 10.8 Å². The molecule has 21 heavy (non-hydrogen) atoms. The second-order valence-corrected chi connectivity index (χ2v) is 4.96. The van der Waals surface area contributed by atoms with Gasteiger partial charge in [-0.05, 0) is 46.3 Å². The molecular weight excluding hydrogens is 340 g/mol. The van der Waals surface area contributed by atoms with Crippen LogP contribution >= 0.6 is 15.9 Å². The average molecular weight is 351 g/mol. The fraction of sp³-hybridized carbons (Fsp3) is 0.0714. The number of methoxy groups -OCH3 is 1. The first-order valence-corrected chi connectivity index (χ1v) is 6.70. The summed E-state index contributed by atoms with van der Waals surface area (Å²) in [4.78, 5) is 22.4. The number of carbonyl (C=O) groups excluding carboxylic acids is 1. The molecule has 1 amide bonds. The van der Waals surface area contributed by atoms with Crippen LogP contribution in [0.2, 0.25) is 0 Å². The van der Waals surface area contributed by atoms with E-state index >= 15 is 0 Å². The number of anilines is 1. The van der Waals surface area contributed by atoms with Gasteiger partial charge in [0.15, 0.2) is 0 Å². The monoisotopic (exact) mass is 350 g/mol. The third-order valence-electron chi connectivity index (χ3n) is 2.75. The first-order valence-electron chi connectivity index (χ1n) is 5.90. The van der Waals surface area contributed by atoms with Gasteiger partial charge in [-0.15, -0.1) is 0 Å². The molecule has 1 N–H and O–H groups in total. The van der Waals surface area contributed by atoms with E-state index in [4.69, 9.17) is 4.74 Å². The van der Waals surface area contributed by atoms with Gasteiger partial charge in [0.25, 0.3) is 11.6 Å². The minimum atomic E-state index is -0.545. The summed E-state index contributed by atoms with van der Waals surface area (Å²) in [5, 5.41) is 13.4. The number of hydrogen-bond acceptors (Lipinski definition) is 4. The number of non-ortho nitro benzene ring substituents is 1. The smallest absolute Gasteiger partial charge is 0.270 e. The van der Waals surface area contributed by atoms with Crippen LogP contribution in [0.3, 0.4) is 0 Å². The first kappa shape index (κ1) is 15.0. The lowest BCUT2D eigenvalue weighted by Gasteiger charge is -2.07. The molecule has 7 heteroatoms. The minimum absolute atomic E-state index is 0.141. The summed E-state index contributed by atoms with van der Waals surface area (Å²) in [6, 6.07) is 10.8. The van der Waals surface area contributed by atoms with Crippen molar-refractivity contribution in [2.24, 2.45) is 0 Å². The molecule has 0 aromatic heterocycles. The van der Waals surface area contributed by atoms with Crippen molar-refractivity contribution in [1.29, 1.82) is 0 Å². The van der Waals surface area contributed by atoms with Crippen LogP contribution in [0.4, 0.5) is 11.4 Å². The Hall–Kier alpha value is -2.41. The number of amides is 1. The second-order valence-electron chi connectivity index (χ2n) is 4.10. The summed E-state index contributed by atoms with van der Waals surface area (Å²) in [5.41, 5.74) is 0.623. The van der Waals surface area contributed by atoms with Crippen LogP contribution in [-0.2, 0) is 0 Å². The number of benzene rings is 2. The molecule has 0 aliphatic heterocycles. The molecule has 6 nitrogen and oxygen atoms in total. The van der Waals surface area contributed by atoms with Gasteiger partial charge in [0.2, 0.25) is 0 Å². The molecule has 108 valence electrons. The third kappa shape index (κ3) is 3.57. The van der Waals surface area contributed by atoms with Crippen molar-refractivity contribution in [3.05, 3.63) is 62.6 Å². The molecule has 0 radical (unpaired) electrons. The molecule has 0 unspecified atom stereocenters. The molecule has 0 saturated heterocycles. The Morgan fingerprint density at radius 3 is 2.48 bits per heavy atom. The molecule has 0 aliphatic carbocycles. The van der Waals surface area contributed by atoms with Crippen LogP contribution in [0.25, 0.3) is 0 Å². The lowest BCUT2D eigenvalue weighted by Crippen LogP contribution is -2.12. The fourth-order valence-corrected chi connectivity index (χ4v) is 2.10. The number of hydrogen-bond donors (Lipinski definition) is 1. The maximum absolute atomic E-state index is 12.2. The summed E-state index contributed by atoms with van der Waals surface area (Å²) >= 11 is 3.21. The molecule has 2 aromatic rings. The van der Waals surface area contributed by atoms with Crippen molar-refractivity contribution in [2.75, 3.05) is 12.4 Å². The topological polar surface area (TPSA) is 81.5 Å². The van der Waals surface area contributed by atoms with Crippen LogP contribution in [0.5, 0.6) is 5.75 Å². The van der Waals surface area contributed by atoms with E-state index in [9.17, 15) is 14.9 Å². The summed E-state index contributed by atoms with van der Waals surface area (Å²) in [6.07, 6.45) is 0. The van der Waals surface area contributed by atoms with E-state index in [-0.39, 0.29) is 11.3 Å². The largest absolute Gasteiger partial charge is 0.497 e. The highest BCUT2D eigenvalue weighted by atomic mass is 79.9. The molecule has 0 bridgehead atoms. The van der Waals surface area contributed by atoms with Gasteiger partial charge in [0.05, 0.1) is 17.6 Å². The van der Waals surface area contributed by atoms with E-state index in [2.05, 4.69) is 21.2 Å². The van der Waals surface area contributed by atoms with Crippen molar-refractivity contribution in [2.45, 2.75) is 0 Å². The maximum Gasteiger partial charge on any atom is 0.270 e. The Morgan fingerprint density at radius 2 is 1.90 bits per heavy atom. The zero-order valence-corrected chi connectivity index (χ0v) is 12.6. The molecule has 2 rings (SSSR count). The Balaban J connectivity index is 2.23. The van der Waals surface area contributed by atoms with Gasteiger partial charge in [0, 0.05) is 22.3 Å². The molecular formula is C14H11BrN2O4. The number of nitrogens with one attached hydrogen (secondary N) is 1. The number of nitro groups is 1. The van der Waals surface area contributed by atoms with Crippen molar-refractivity contribution in [1.82, 2.24) is 0 Å². The lowest BCUT2D eigenvalue weighted by molar-refractivity contribution is -0.384. The average Bonchev–Trinajstić information content (AvgIpc) is 2.48. The van der Waals surface area contributed by atoms with Crippen molar-refractivity contribution >= 4 is 33.2 Å². The van der Waals surface area contributed by atoms with Gasteiger partial charge in [-0.1, -0.05) is 0 Å². The SMILES string of the molecule is COc1ccc(NC(=O)c2cc([N+](=O)[O-])ccc2Br)cc1. The highest BCUT2D eigenvalue weighted by Gasteiger charge is 2.15. The molecule has 0 spiro atoms. The predicted molar refractivity (Wildman–Crippen MR) is 81.7 cm³/mol. The van der Waals surface area contributed by atoms with E-state index in [1.165, 1.54) is 18.2 Å². The van der Waals surface area contributed by atoms with Gasteiger partial charge in [-0.3, -0.25) is 14.9 Å². The van der Waals surface area contributed by atoms with Gasteiger partial charge < -0.3 is 10.1 Å². The summed E-state index contributed by atoms with van der Waals surface area (Å²) in [7, 11) is 1.55. The Bertz CT molecular complexity index is 686. The van der Waals surface area contributed by atoms with Crippen molar-refractivity contribution < 1.29 is 14.5 Å². The van der Waals surface area contributed by atoms with Gasteiger partial charge in [-0.2, -0.15) is 0 Å². The van der Waals surface area contributed by atoms with E-state index in [1.54, 1.807) is 31.4 Å². The standard InChI is InChI=1S/C14H11BrN2O4/c1-21-11-5-2-9(3-6-11)16-14(18)12-8-10(17(19)20)4-7-13(12)15/h2-8H,1H3,(H,16,18). The fourth-order valence-electron chi connectivity index (χ4n) is 1.67. The number of carbonyl (C=O) groups is 1. The van der Waals surface area contributed by atoms with Crippen LogP contribution < -0.4 is 10.1 Å². The lowest BCUT2D eigenvalue weighted by atomic mass is 10.2. The highest BCUT2D eigenvalue weighted by molar-refractivity contribution is 9.10. The van der Waals surface area contributed by atoms with E-state index in [0.29, 0.717) is 15.9 Å². The minimum Gasteiger partial charge on any atom is -0.497 e. The van der Waals surface area contributed by atoms with Crippen molar-refractivity contribution in [3.63, 3.8) is 0 Å². The molecule has 0 saturated carbocycles. The molecule has 0 fully saturated rings. The Morgan fingerprint density at radius 1 is 1.24 bits per heavy atom. The molecule has 0 heterocycles. The third-order valence-corrected chi connectivity index (χ3v) is 3.44. The summed E-state index contributed by atoms with van der Waals surface area (Å²) < 4.78 is 5.51. The maximum atomic E-state index is 12.2. The van der Waals surface area contributed by atoms with Crippen LogP contribution in [0.1, 0.15) is 10.4 Å². The predicted octanol–water partition coefficient (Wildman–Crippen LogP) is 3.62. The quantitative estimate of drug-likeness (QED) is 0.674. The molecule has 2 aromatic carbocycles. The number of rotatable bonds is 4. The molecule has 0 atom stereocenters. The summed E-state index contributed by atoms with van der Waals surface area (Å²) in [6.45, 7) is 0. The Labute approximate surface area is 129 Å². The number of halogens is 1. The second kappa shape index (κ2) is 6.36. The van der Waals surface area contributed by atoms with Crippen LogP contribution in [0.15, 0.2) is 46.9 Å². The zero-order valence-electron chi connectivity index (χ0n) is 11.0. The first-order chi connectivity index (χ1) is 10.0. The number of nitro benzene ring substituents is 1. The van der Waals surface area contributed by atoms with Gasteiger partial charge in [0.1, 0.15) is 5.75 Å². The van der Waals surface area contributed by atoms with Gasteiger partial charge >= 0.3 is 0 Å². The summed E-state index contributed by atoms with van der Waals surface area (Å²) in [5.74, 6) is 0.236. The number of nitrogens with zero attached hydrogens (tertiary/aromatic N) is 1. The van der Waals surface area contributed by atoms with Crippen LogP contribution in [0, 0.1) is 10.1 Å². The van der Waals surface area contributed by atoms with E-state index in [0.717, 1.165) is 0 Å². The Kier molecular flexibility index (Phi) is 4.54. The zero-order chi connectivity index (χ0) is 15.4.